The maximum Gasteiger partial charge on any atom is 0.237 e. The summed E-state index contributed by atoms with van der Waals surface area (Å²) in [4.78, 5) is 4.60. The molecule has 1 aliphatic carbocycles. The number of benzene rings is 1. The monoisotopic (exact) mass is 278 g/mol. The summed E-state index contributed by atoms with van der Waals surface area (Å²) in [5.41, 5.74) is 5.05. The SMILES string of the molecule is Cc1ccc(Oc2nc3c(cc2C#N)CCCC3)c(C)c1. The van der Waals surface area contributed by atoms with Crippen LogP contribution < -0.4 is 4.74 Å². The third-order valence-electron chi connectivity index (χ3n) is 3.92. The number of nitrogens with zero attached hydrogens (tertiary/aromatic N) is 2. The zero-order valence-corrected chi connectivity index (χ0v) is 12.4. The number of pyridine rings is 1. The Labute approximate surface area is 125 Å². The standard InChI is InChI=1S/C18H18N2O/c1-12-7-8-17(13(2)9-12)21-18-15(11-19)10-14-5-3-4-6-16(14)20-18/h7-10H,3-6H2,1-2H3. The zero-order valence-electron chi connectivity index (χ0n) is 12.4. The number of aryl methyl sites for hydroxylation is 4. The smallest absolute Gasteiger partial charge is 0.237 e. The minimum atomic E-state index is 0.435. The maximum absolute atomic E-state index is 9.34. The summed E-state index contributed by atoms with van der Waals surface area (Å²) in [7, 11) is 0. The average Bonchev–Trinajstić information content (AvgIpc) is 2.49. The molecule has 0 saturated carbocycles. The average molecular weight is 278 g/mol. The Morgan fingerprint density at radius 2 is 1.95 bits per heavy atom. The maximum atomic E-state index is 9.34. The molecule has 3 nitrogen and oxygen atoms in total. The molecule has 0 N–H and O–H groups in total. The lowest BCUT2D eigenvalue weighted by Crippen LogP contribution is -2.07. The van der Waals surface area contributed by atoms with Gasteiger partial charge in [0.05, 0.1) is 0 Å². The van der Waals surface area contributed by atoms with Crippen LogP contribution in [-0.2, 0) is 12.8 Å². The molecule has 0 unspecified atom stereocenters. The fourth-order valence-corrected chi connectivity index (χ4v) is 2.79. The van der Waals surface area contributed by atoms with Crippen molar-refractivity contribution in [3.8, 4) is 17.7 Å². The van der Waals surface area contributed by atoms with Gasteiger partial charge in [-0.15, -0.1) is 0 Å². The Kier molecular flexibility index (Phi) is 3.62. The predicted molar refractivity (Wildman–Crippen MR) is 81.6 cm³/mol. The van der Waals surface area contributed by atoms with Gasteiger partial charge >= 0.3 is 0 Å². The fraction of sp³-hybridized carbons (Fsp3) is 0.333. The van der Waals surface area contributed by atoms with Crippen molar-refractivity contribution in [3.63, 3.8) is 0 Å². The molecule has 0 spiro atoms. The van der Waals surface area contributed by atoms with E-state index in [0.717, 1.165) is 36.3 Å². The zero-order chi connectivity index (χ0) is 14.8. The van der Waals surface area contributed by atoms with Gasteiger partial charge in [-0.2, -0.15) is 5.26 Å². The van der Waals surface area contributed by atoms with Crippen LogP contribution in [0.2, 0.25) is 0 Å². The first-order valence-electron chi connectivity index (χ1n) is 7.35. The molecule has 1 aromatic carbocycles. The number of aromatic nitrogens is 1. The number of fused-ring (bicyclic) bond motifs is 1. The highest BCUT2D eigenvalue weighted by molar-refractivity contribution is 5.46. The lowest BCUT2D eigenvalue weighted by atomic mass is 9.95. The number of rotatable bonds is 2. The largest absolute Gasteiger partial charge is 0.437 e. The molecule has 106 valence electrons. The lowest BCUT2D eigenvalue weighted by molar-refractivity contribution is 0.453. The minimum Gasteiger partial charge on any atom is -0.437 e. The molecule has 2 aromatic rings. The van der Waals surface area contributed by atoms with Gasteiger partial charge in [0.1, 0.15) is 17.4 Å². The number of hydrogen-bond acceptors (Lipinski definition) is 3. The van der Waals surface area contributed by atoms with E-state index in [0.29, 0.717) is 11.4 Å². The van der Waals surface area contributed by atoms with E-state index in [1.807, 2.05) is 25.1 Å². The molecule has 0 aliphatic heterocycles. The van der Waals surface area contributed by atoms with E-state index in [1.54, 1.807) is 0 Å². The normalized spacial score (nSPS) is 13.4. The number of nitriles is 1. The Balaban J connectivity index is 1.99. The van der Waals surface area contributed by atoms with Crippen LogP contribution in [0.4, 0.5) is 0 Å². The molecular weight excluding hydrogens is 260 g/mol. The second kappa shape index (κ2) is 5.57. The van der Waals surface area contributed by atoms with E-state index in [4.69, 9.17) is 4.74 Å². The molecule has 1 aliphatic rings. The third kappa shape index (κ3) is 2.75. The van der Waals surface area contributed by atoms with E-state index in [9.17, 15) is 5.26 Å². The van der Waals surface area contributed by atoms with E-state index in [-0.39, 0.29) is 0 Å². The fourth-order valence-electron chi connectivity index (χ4n) is 2.79. The summed E-state index contributed by atoms with van der Waals surface area (Å²) in [5, 5.41) is 9.34. The topological polar surface area (TPSA) is 45.9 Å². The Morgan fingerprint density at radius 3 is 2.71 bits per heavy atom. The molecule has 1 heterocycles. The van der Waals surface area contributed by atoms with Crippen LogP contribution in [0, 0.1) is 25.2 Å². The first-order chi connectivity index (χ1) is 10.2. The van der Waals surface area contributed by atoms with E-state index < -0.39 is 0 Å². The first kappa shape index (κ1) is 13.6. The summed E-state index contributed by atoms with van der Waals surface area (Å²) in [6.45, 7) is 4.06. The first-order valence-corrected chi connectivity index (χ1v) is 7.35. The highest BCUT2D eigenvalue weighted by Gasteiger charge is 2.16. The summed E-state index contributed by atoms with van der Waals surface area (Å²) >= 11 is 0. The van der Waals surface area contributed by atoms with E-state index in [1.165, 1.54) is 17.5 Å². The molecule has 3 rings (SSSR count). The molecule has 0 amide bonds. The van der Waals surface area contributed by atoms with Crippen molar-refractivity contribution in [1.82, 2.24) is 4.98 Å². The van der Waals surface area contributed by atoms with Crippen molar-refractivity contribution in [1.29, 1.82) is 5.26 Å². The molecule has 0 fully saturated rings. The highest BCUT2D eigenvalue weighted by Crippen LogP contribution is 2.30. The molecular formula is C18H18N2O. The van der Waals surface area contributed by atoms with Gasteiger partial charge in [-0.05, 0) is 62.8 Å². The molecule has 3 heteroatoms. The number of ether oxygens (including phenoxy) is 1. The van der Waals surface area contributed by atoms with Gasteiger partial charge in [-0.1, -0.05) is 17.7 Å². The van der Waals surface area contributed by atoms with Gasteiger partial charge in [-0.25, -0.2) is 4.98 Å². The van der Waals surface area contributed by atoms with Crippen molar-refractivity contribution >= 4 is 0 Å². The number of hydrogen-bond donors (Lipinski definition) is 0. The predicted octanol–water partition coefficient (Wildman–Crippen LogP) is 4.24. The van der Waals surface area contributed by atoms with Gasteiger partial charge in [0.15, 0.2) is 0 Å². The third-order valence-corrected chi connectivity index (χ3v) is 3.92. The molecule has 21 heavy (non-hydrogen) atoms. The summed E-state index contributed by atoms with van der Waals surface area (Å²) in [5.74, 6) is 1.20. The van der Waals surface area contributed by atoms with Crippen molar-refractivity contribution < 1.29 is 4.74 Å². The van der Waals surface area contributed by atoms with Gasteiger partial charge in [0.25, 0.3) is 0 Å². The molecule has 0 atom stereocenters. The van der Waals surface area contributed by atoms with Gasteiger partial charge in [-0.3, -0.25) is 0 Å². The van der Waals surface area contributed by atoms with E-state index >= 15 is 0 Å². The Hall–Kier alpha value is -2.34. The molecule has 0 saturated heterocycles. The summed E-state index contributed by atoms with van der Waals surface area (Å²) in [6, 6.07) is 10.2. The summed E-state index contributed by atoms with van der Waals surface area (Å²) < 4.78 is 5.92. The van der Waals surface area contributed by atoms with Crippen molar-refractivity contribution in [2.45, 2.75) is 39.5 Å². The van der Waals surface area contributed by atoms with Gasteiger partial charge < -0.3 is 4.74 Å². The van der Waals surface area contributed by atoms with Crippen LogP contribution in [0.5, 0.6) is 11.6 Å². The van der Waals surface area contributed by atoms with Crippen LogP contribution >= 0.6 is 0 Å². The second-order valence-corrected chi connectivity index (χ2v) is 5.64. The van der Waals surface area contributed by atoms with Crippen molar-refractivity contribution in [2.24, 2.45) is 0 Å². The molecule has 1 aromatic heterocycles. The van der Waals surface area contributed by atoms with Crippen LogP contribution in [0.3, 0.4) is 0 Å². The van der Waals surface area contributed by atoms with Gasteiger partial charge in [0, 0.05) is 5.69 Å². The quantitative estimate of drug-likeness (QED) is 0.825. The molecule has 0 radical (unpaired) electrons. The van der Waals surface area contributed by atoms with Crippen LogP contribution in [0.1, 0.15) is 40.8 Å². The van der Waals surface area contributed by atoms with Crippen molar-refractivity contribution in [3.05, 3.63) is 52.2 Å². The molecule has 0 bridgehead atoms. The summed E-state index contributed by atoms with van der Waals surface area (Å²) in [6.07, 6.45) is 4.33. The van der Waals surface area contributed by atoms with Crippen molar-refractivity contribution in [2.75, 3.05) is 0 Å². The lowest BCUT2D eigenvalue weighted by Gasteiger charge is -2.17. The van der Waals surface area contributed by atoms with E-state index in [2.05, 4.69) is 24.0 Å². The highest BCUT2D eigenvalue weighted by atomic mass is 16.5. The Bertz CT molecular complexity index is 729. The van der Waals surface area contributed by atoms with Gasteiger partial charge in [0.2, 0.25) is 5.88 Å². The van der Waals surface area contributed by atoms with Crippen LogP contribution in [-0.4, -0.2) is 4.98 Å². The second-order valence-electron chi connectivity index (χ2n) is 5.64. The Morgan fingerprint density at radius 1 is 1.14 bits per heavy atom. The van der Waals surface area contributed by atoms with Crippen LogP contribution in [0.25, 0.3) is 0 Å². The minimum absolute atomic E-state index is 0.435. The van der Waals surface area contributed by atoms with Crippen LogP contribution in [0.15, 0.2) is 24.3 Å².